The lowest BCUT2D eigenvalue weighted by Gasteiger charge is -2.32. The van der Waals surface area contributed by atoms with Crippen molar-refractivity contribution >= 4 is 5.91 Å². The summed E-state index contributed by atoms with van der Waals surface area (Å²) in [6, 6.07) is 0.294. The third-order valence-electron chi connectivity index (χ3n) is 3.67. The molecule has 1 N–H and O–H groups in total. The zero-order valence-electron chi connectivity index (χ0n) is 12.8. The van der Waals surface area contributed by atoms with Gasteiger partial charge in [-0.05, 0) is 46.3 Å². The van der Waals surface area contributed by atoms with Crippen LogP contribution in [0.25, 0.3) is 0 Å². The molecule has 18 heavy (non-hydrogen) atoms. The molecule has 1 aliphatic heterocycles. The maximum absolute atomic E-state index is 12.6. The zero-order valence-corrected chi connectivity index (χ0v) is 12.8. The number of hydrogen-bond acceptors (Lipinski definition) is 3. The number of rotatable bonds is 4. The van der Waals surface area contributed by atoms with Crippen molar-refractivity contribution in [2.45, 2.75) is 46.2 Å². The van der Waals surface area contributed by atoms with Crippen molar-refractivity contribution in [2.24, 2.45) is 5.41 Å². The lowest BCUT2D eigenvalue weighted by atomic mass is 9.92. The highest BCUT2D eigenvalue weighted by molar-refractivity contribution is 5.82. The molecule has 4 nitrogen and oxygen atoms in total. The Labute approximate surface area is 112 Å². The van der Waals surface area contributed by atoms with Gasteiger partial charge in [-0.1, -0.05) is 13.8 Å². The van der Waals surface area contributed by atoms with Gasteiger partial charge in [0.05, 0.1) is 6.04 Å². The molecule has 1 unspecified atom stereocenters. The van der Waals surface area contributed by atoms with E-state index >= 15 is 0 Å². The summed E-state index contributed by atoms with van der Waals surface area (Å²) in [5.74, 6) is 0.285. The molecule has 1 heterocycles. The Morgan fingerprint density at radius 3 is 2.50 bits per heavy atom. The number of amides is 1. The van der Waals surface area contributed by atoms with E-state index in [1.54, 1.807) is 0 Å². The van der Waals surface area contributed by atoms with Gasteiger partial charge < -0.3 is 10.2 Å². The van der Waals surface area contributed by atoms with Crippen molar-refractivity contribution in [1.82, 2.24) is 15.1 Å². The van der Waals surface area contributed by atoms with E-state index in [0.717, 1.165) is 26.1 Å². The van der Waals surface area contributed by atoms with E-state index in [9.17, 15) is 4.79 Å². The Balaban J connectivity index is 2.92. The fourth-order valence-corrected chi connectivity index (χ4v) is 2.82. The molecule has 0 bridgehead atoms. The lowest BCUT2D eigenvalue weighted by Crippen LogP contribution is -2.47. The summed E-state index contributed by atoms with van der Waals surface area (Å²) >= 11 is 0. The fourth-order valence-electron chi connectivity index (χ4n) is 2.82. The maximum Gasteiger partial charge on any atom is 0.240 e. The molecule has 1 aliphatic rings. The van der Waals surface area contributed by atoms with Gasteiger partial charge in [0.15, 0.2) is 0 Å². The Morgan fingerprint density at radius 2 is 2.00 bits per heavy atom. The summed E-state index contributed by atoms with van der Waals surface area (Å²) < 4.78 is 0. The van der Waals surface area contributed by atoms with E-state index in [1.807, 2.05) is 11.9 Å². The van der Waals surface area contributed by atoms with Crippen LogP contribution in [-0.2, 0) is 4.79 Å². The molecule has 0 radical (unpaired) electrons. The van der Waals surface area contributed by atoms with Crippen molar-refractivity contribution in [2.75, 3.05) is 33.7 Å². The summed E-state index contributed by atoms with van der Waals surface area (Å²) in [6.07, 6.45) is 0.880. The van der Waals surface area contributed by atoms with Crippen LogP contribution in [0, 0.1) is 5.41 Å². The standard InChI is InChI=1S/C14H29N3O/c1-11(2)17-10-14(3,4)9-16(6)12(13(17)18)7-8-15-5/h11-12,15H,7-10H2,1-6H3. The van der Waals surface area contributed by atoms with Gasteiger partial charge in [0, 0.05) is 19.1 Å². The minimum Gasteiger partial charge on any atom is -0.338 e. The lowest BCUT2D eigenvalue weighted by molar-refractivity contribution is -0.137. The molecule has 0 aliphatic carbocycles. The Kier molecular flexibility index (Phi) is 5.17. The molecular weight excluding hydrogens is 226 g/mol. The van der Waals surface area contributed by atoms with Crippen molar-refractivity contribution < 1.29 is 4.79 Å². The SMILES string of the molecule is CNCCC1C(=O)N(C(C)C)CC(C)(C)CN1C. The van der Waals surface area contributed by atoms with Gasteiger partial charge in [-0.15, -0.1) is 0 Å². The number of nitrogens with zero attached hydrogens (tertiary/aromatic N) is 2. The third-order valence-corrected chi connectivity index (χ3v) is 3.67. The summed E-state index contributed by atoms with van der Waals surface area (Å²) in [7, 11) is 4.01. The molecule has 0 aromatic carbocycles. The number of likely N-dealkylation sites (N-methyl/N-ethyl adjacent to an activating group) is 1. The predicted molar refractivity (Wildman–Crippen MR) is 75.6 cm³/mol. The molecule has 1 atom stereocenters. The van der Waals surface area contributed by atoms with Crippen molar-refractivity contribution in [1.29, 1.82) is 0 Å². The van der Waals surface area contributed by atoms with Crippen LogP contribution in [0.4, 0.5) is 0 Å². The van der Waals surface area contributed by atoms with Crippen LogP contribution in [0.2, 0.25) is 0 Å². The van der Waals surface area contributed by atoms with E-state index in [4.69, 9.17) is 0 Å². The van der Waals surface area contributed by atoms with Crippen LogP contribution in [0.3, 0.4) is 0 Å². The second kappa shape index (κ2) is 6.02. The van der Waals surface area contributed by atoms with E-state index in [-0.39, 0.29) is 23.4 Å². The Hall–Kier alpha value is -0.610. The second-order valence-corrected chi connectivity index (χ2v) is 6.55. The van der Waals surface area contributed by atoms with Crippen LogP contribution in [0.5, 0.6) is 0 Å². The maximum atomic E-state index is 12.6. The van der Waals surface area contributed by atoms with Crippen LogP contribution >= 0.6 is 0 Å². The van der Waals surface area contributed by atoms with E-state index in [0.29, 0.717) is 0 Å². The molecule has 1 amide bonds. The fraction of sp³-hybridized carbons (Fsp3) is 0.929. The quantitative estimate of drug-likeness (QED) is 0.819. The van der Waals surface area contributed by atoms with Crippen molar-refractivity contribution in [3.05, 3.63) is 0 Å². The van der Waals surface area contributed by atoms with Crippen LogP contribution in [0.15, 0.2) is 0 Å². The largest absolute Gasteiger partial charge is 0.338 e. The Bertz CT molecular complexity index is 289. The van der Waals surface area contributed by atoms with Gasteiger partial charge in [-0.3, -0.25) is 9.69 Å². The van der Waals surface area contributed by atoms with Gasteiger partial charge in [0.1, 0.15) is 0 Å². The molecule has 106 valence electrons. The Morgan fingerprint density at radius 1 is 1.39 bits per heavy atom. The van der Waals surface area contributed by atoms with Crippen LogP contribution in [-0.4, -0.2) is 61.5 Å². The van der Waals surface area contributed by atoms with Gasteiger partial charge >= 0.3 is 0 Å². The average Bonchev–Trinajstić information content (AvgIpc) is 2.32. The molecule has 0 saturated carbocycles. The monoisotopic (exact) mass is 255 g/mol. The summed E-state index contributed by atoms with van der Waals surface area (Å²) in [4.78, 5) is 16.9. The van der Waals surface area contributed by atoms with Crippen molar-refractivity contribution in [3.8, 4) is 0 Å². The molecule has 1 fully saturated rings. The highest BCUT2D eigenvalue weighted by atomic mass is 16.2. The van der Waals surface area contributed by atoms with Crippen molar-refractivity contribution in [3.63, 3.8) is 0 Å². The number of carbonyl (C=O) groups is 1. The molecule has 1 rings (SSSR count). The first-order valence-corrected chi connectivity index (χ1v) is 6.94. The molecule has 0 aromatic rings. The highest BCUT2D eigenvalue weighted by Crippen LogP contribution is 2.26. The average molecular weight is 255 g/mol. The number of nitrogens with one attached hydrogen (secondary N) is 1. The van der Waals surface area contributed by atoms with E-state index in [2.05, 4.69) is 45.0 Å². The third kappa shape index (κ3) is 3.69. The molecule has 4 heteroatoms. The normalized spacial score (nSPS) is 25.6. The molecule has 1 saturated heterocycles. The van der Waals surface area contributed by atoms with Gasteiger partial charge in [-0.2, -0.15) is 0 Å². The minimum absolute atomic E-state index is 0.0154. The van der Waals surface area contributed by atoms with Crippen LogP contribution < -0.4 is 5.32 Å². The first-order valence-electron chi connectivity index (χ1n) is 6.94. The summed E-state index contributed by atoms with van der Waals surface area (Å²) in [5.41, 5.74) is 0.156. The number of hydrogen-bond donors (Lipinski definition) is 1. The molecule has 0 spiro atoms. The van der Waals surface area contributed by atoms with Crippen LogP contribution in [0.1, 0.15) is 34.1 Å². The van der Waals surface area contributed by atoms with Gasteiger partial charge in [0.2, 0.25) is 5.91 Å². The highest BCUT2D eigenvalue weighted by Gasteiger charge is 2.38. The van der Waals surface area contributed by atoms with E-state index < -0.39 is 0 Å². The first kappa shape index (κ1) is 15.4. The minimum atomic E-state index is 0.0154. The topological polar surface area (TPSA) is 35.6 Å². The molecule has 0 aromatic heterocycles. The smallest absolute Gasteiger partial charge is 0.240 e. The molecular formula is C14H29N3O. The summed E-state index contributed by atoms with van der Waals surface area (Å²) in [6.45, 7) is 11.4. The predicted octanol–water partition coefficient (Wildman–Crippen LogP) is 1.17. The number of carbonyl (C=O) groups excluding carboxylic acids is 1. The van der Waals surface area contributed by atoms with Gasteiger partial charge in [-0.25, -0.2) is 0 Å². The zero-order chi connectivity index (χ0) is 13.9. The second-order valence-electron chi connectivity index (χ2n) is 6.55. The summed E-state index contributed by atoms with van der Waals surface area (Å²) in [5, 5.41) is 3.14. The first-order chi connectivity index (χ1) is 8.28. The van der Waals surface area contributed by atoms with Gasteiger partial charge in [0.25, 0.3) is 0 Å². The van der Waals surface area contributed by atoms with E-state index in [1.165, 1.54) is 0 Å².